The molecule has 0 aliphatic carbocycles. The van der Waals surface area contributed by atoms with Crippen molar-refractivity contribution in [1.82, 2.24) is 8.61 Å². The molecule has 6 heteroatoms. The van der Waals surface area contributed by atoms with E-state index >= 15 is 0 Å². The molecule has 2 rings (SSSR count). The van der Waals surface area contributed by atoms with Gasteiger partial charge in [-0.15, -0.1) is 0 Å². The quantitative estimate of drug-likeness (QED) is 0.799. The van der Waals surface area contributed by atoms with Gasteiger partial charge in [0.2, 0.25) is 0 Å². The Kier molecular flexibility index (Phi) is 5.80. The molecule has 2 unspecified atom stereocenters. The topological polar surface area (TPSA) is 57.7 Å². The van der Waals surface area contributed by atoms with Crippen molar-refractivity contribution in [3.05, 3.63) is 0 Å². The number of carbonyl (C=O) groups is 1. The molecule has 5 nitrogen and oxygen atoms in total. The van der Waals surface area contributed by atoms with Crippen molar-refractivity contribution < 1.29 is 13.2 Å². The van der Waals surface area contributed by atoms with Gasteiger partial charge in [0.15, 0.2) is 0 Å². The van der Waals surface area contributed by atoms with E-state index in [-0.39, 0.29) is 11.8 Å². The molecular weight excluding hydrogens is 288 g/mol. The number of hydrogen-bond acceptors (Lipinski definition) is 3. The van der Waals surface area contributed by atoms with Crippen molar-refractivity contribution in [2.24, 2.45) is 5.92 Å². The summed E-state index contributed by atoms with van der Waals surface area (Å²) in [6, 6.07) is -0.146. The van der Waals surface area contributed by atoms with Crippen LogP contribution in [0.15, 0.2) is 0 Å². The molecular formula is C15H28N2O3S. The van der Waals surface area contributed by atoms with Crippen molar-refractivity contribution in [3.8, 4) is 0 Å². The minimum Gasteiger partial charge on any atom is -0.300 e. The third-order valence-corrected chi connectivity index (χ3v) is 6.65. The summed E-state index contributed by atoms with van der Waals surface area (Å²) >= 11 is 0. The minimum absolute atomic E-state index is 0.0779. The summed E-state index contributed by atoms with van der Waals surface area (Å²) in [6.07, 6.45) is 6.16. The molecule has 2 atom stereocenters. The second-order valence-corrected chi connectivity index (χ2v) is 8.51. The summed E-state index contributed by atoms with van der Waals surface area (Å²) in [4.78, 5) is 11.5. The van der Waals surface area contributed by atoms with Gasteiger partial charge in [-0.2, -0.15) is 17.0 Å². The Morgan fingerprint density at radius 3 is 2.52 bits per heavy atom. The Bertz CT molecular complexity index is 464. The Hall–Kier alpha value is -0.460. The first-order valence-electron chi connectivity index (χ1n) is 8.17. The number of piperidine rings is 1. The Morgan fingerprint density at radius 1 is 1.10 bits per heavy atom. The van der Waals surface area contributed by atoms with Crippen molar-refractivity contribution in [2.75, 3.05) is 19.6 Å². The van der Waals surface area contributed by atoms with E-state index in [1.165, 1.54) is 0 Å². The first kappa shape index (κ1) is 16.9. The Balaban J connectivity index is 2.18. The fourth-order valence-corrected chi connectivity index (χ4v) is 5.51. The molecule has 122 valence electrons. The van der Waals surface area contributed by atoms with Gasteiger partial charge in [-0.25, -0.2) is 0 Å². The molecule has 2 saturated heterocycles. The van der Waals surface area contributed by atoms with E-state index in [1.807, 2.05) is 0 Å². The van der Waals surface area contributed by atoms with E-state index in [1.54, 1.807) is 15.5 Å². The number of rotatable bonds is 4. The molecule has 0 spiro atoms. The summed E-state index contributed by atoms with van der Waals surface area (Å²) < 4.78 is 29.2. The first-order chi connectivity index (χ1) is 9.91. The summed E-state index contributed by atoms with van der Waals surface area (Å²) in [7, 11) is -3.42. The van der Waals surface area contributed by atoms with Crippen molar-refractivity contribution >= 4 is 16.0 Å². The highest BCUT2D eigenvalue weighted by atomic mass is 32.2. The second kappa shape index (κ2) is 7.20. The molecule has 21 heavy (non-hydrogen) atoms. The zero-order chi connectivity index (χ0) is 15.5. The largest absolute Gasteiger partial charge is 0.300 e. The maximum absolute atomic E-state index is 13.0. The van der Waals surface area contributed by atoms with Gasteiger partial charge in [0.05, 0.1) is 0 Å². The van der Waals surface area contributed by atoms with E-state index in [9.17, 15) is 13.2 Å². The second-order valence-electron chi connectivity index (χ2n) is 6.63. The third-order valence-electron chi connectivity index (χ3n) is 4.59. The van der Waals surface area contributed by atoms with Gasteiger partial charge in [0, 0.05) is 32.1 Å². The molecule has 0 amide bonds. The van der Waals surface area contributed by atoms with E-state index in [0.29, 0.717) is 32.0 Å². The predicted molar refractivity (Wildman–Crippen MR) is 83.2 cm³/mol. The SMILES string of the molecule is CC(=O)CC1CCCCCN1S(=O)(=O)N1CCCC(C)C1. The highest BCUT2D eigenvalue weighted by molar-refractivity contribution is 7.86. The van der Waals surface area contributed by atoms with Gasteiger partial charge >= 0.3 is 0 Å². The summed E-state index contributed by atoms with van der Waals surface area (Å²) in [5.74, 6) is 0.501. The van der Waals surface area contributed by atoms with Crippen LogP contribution in [0.3, 0.4) is 0 Å². The summed E-state index contributed by atoms with van der Waals surface area (Å²) in [6.45, 7) is 5.46. The monoisotopic (exact) mass is 316 g/mol. The molecule has 0 aromatic rings. The van der Waals surface area contributed by atoms with Crippen molar-refractivity contribution in [3.63, 3.8) is 0 Å². The van der Waals surface area contributed by atoms with Crippen LogP contribution in [-0.2, 0) is 15.0 Å². The lowest BCUT2D eigenvalue weighted by Crippen LogP contribution is -2.51. The van der Waals surface area contributed by atoms with Gasteiger partial charge in [0.1, 0.15) is 5.78 Å². The van der Waals surface area contributed by atoms with E-state index in [4.69, 9.17) is 0 Å². The van der Waals surface area contributed by atoms with Gasteiger partial charge in [-0.3, -0.25) is 4.79 Å². The van der Waals surface area contributed by atoms with Crippen LogP contribution in [0.5, 0.6) is 0 Å². The van der Waals surface area contributed by atoms with Gasteiger partial charge in [-0.1, -0.05) is 19.8 Å². The Morgan fingerprint density at radius 2 is 1.86 bits per heavy atom. The zero-order valence-corrected chi connectivity index (χ0v) is 14.1. The lowest BCUT2D eigenvalue weighted by atomic mass is 10.0. The number of nitrogens with zero attached hydrogens (tertiary/aromatic N) is 2. The molecule has 0 bridgehead atoms. The molecule has 2 aliphatic heterocycles. The van der Waals surface area contributed by atoms with Crippen LogP contribution in [0.2, 0.25) is 0 Å². The maximum atomic E-state index is 13.0. The summed E-state index contributed by atoms with van der Waals surface area (Å²) in [5.41, 5.74) is 0. The standard InChI is InChI=1S/C15H28N2O3S/c1-13-7-6-9-16(12-13)21(19,20)17-10-5-3-4-8-15(17)11-14(2)18/h13,15H,3-12H2,1-2H3. The van der Waals surface area contributed by atoms with E-state index in [2.05, 4.69) is 6.92 Å². The molecule has 0 aromatic carbocycles. The minimum atomic E-state index is -3.42. The number of carbonyl (C=O) groups excluding carboxylic acids is 1. The fourth-order valence-electron chi connectivity index (χ4n) is 3.49. The van der Waals surface area contributed by atoms with Crippen LogP contribution in [0, 0.1) is 5.92 Å². The highest BCUT2D eigenvalue weighted by Gasteiger charge is 2.37. The fraction of sp³-hybridized carbons (Fsp3) is 0.933. The smallest absolute Gasteiger partial charge is 0.282 e. The van der Waals surface area contributed by atoms with Crippen molar-refractivity contribution in [1.29, 1.82) is 0 Å². The number of Topliss-reactive ketones (excluding diaryl/α,β-unsaturated/α-hetero) is 1. The maximum Gasteiger partial charge on any atom is 0.282 e. The average molecular weight is 316 g/mol. The molecule has 0 aromatic heterocycles. The molecule has 2 fully saturated rings. The predicted octanol–water partition coefficient (Wildman–Crippen LogP) is 2.19. The van der Waals surface area contributed by atoms with Gasteiger partial charge in [-0.05, 0) is 38.5 Å². The number of hydrogen-bond donors (Lipinski definition) is 0. The van der Waals surface area contributed by atoms with Crippen molar-refractivity contribution in [2.45, 2.75) is 64.8 Å². The summed E-state index contributed by atoms with van der Waals surface area (Å²) in [5, 5.41) is 0. The average Bonchev–Trinajstić information content (AvgIpc) is 2.64. The van der Waals surface area contributed by atoms with Gasteiger partial charge < -0.3 is 0 Å². The lowest BCUT2D eigenvalue weighted by Gasteiger charge is -2.37. The lowest BCUT2D eigenvalue weighted by molar-refractivity contribution is -0.117. The molecule has 0 radical (unpaired) electrons. The molecule has 2 heterocycles. The van der Waals surface area contributed by atoms with Crippen LogP contribution in [0.1, 0.15) is 58.8 Å². The van der Waals surface area contributed by atoms with Gasteiger partial charge in [0.25, 0.3) is 10.2 Å². The Labute approximate surface area is 128 Å². The molecule has 0 saturated carbocycles. The van der Waals surface area contributed by atoms with Crippen LogP contribution >= 0.6 is 0 Å². The number of ketones is 1. The van der Waals surface area contributed by atoms with Crippen LogP contribution < -0.4 is 0 Å². The highest BCUT2D eigenvalue weighted by Crippen LogP contribution is 2.27. The first-order valence-corrected chi connectivity index (χ1v) is 9.57. The molecule has 2 aliphatic rings. The van der Waals surface area contributed by atoms with Crippen LogP contribution in [0.4, 0.5) is 0 Å². The molecule has 0 N–H and O–H groups in total. The third kappa shape index (κ3) is 4.27. The normalized spacial score (nSPS) is 30.0. The zero-order valence-electron chi connectivity index (χ0n) is 13.3. The van der Waals surface area contributed by atoms with E-state index < -0.39 is 10.2 Å². The van der Waals surface area contributed by atoms with Crippen LogP contribution in [-0.4, -0.2) is 48.5 Å². The van der Waals surface area contributed by atoms with Crippen LogP contribution in [0.25, 0.3) is 0 Å². The van der Waals surface area contributed by atoms with E-state index in [0.717, 1.165) is 38.5 Å².